The quantitative estimate of drug-likeness (QED) is 0.168. The summed E-state index contributed by atoms with van der Waals surface area (Å²) >= 11 is 0. The van der Waals surface area contributed by atoms with E-state index in [-0.39, 0.29) is 29.8 Å². The Morgan fingerprint density at radius 1 is 0.826 bits per heavy atom. The predicted octanol–water partition coefficient (Wildman–Crippen LogP) is 6.14. The molecule has 0 saturated heterocycles. The molecule has 0 saturated carbocycles. The highest BCUT2D eigenvalue weighted by Crippen LogP contribution is 2.27. The van der Waals surface area contributed by atoms with E-state index in [2.05, 4.69) is 5.32 Å². The second-order valence-electron chi connectivity index (χ2n) is 11.3. The third-order valence-corrected chi connectivity index (χ3v) is 9.54. The minimum Gasteiger partial charge on any atom is -0.494 e. The molecular weight excluding hydrogens is 598 g/mol. The van der Waals surface area contributed by atoms with E-state index in [1.54, 1.807) is 42.5 Å². The van der Waals surface area contributed by atoms with E-state index in [0.29, 0.717) is 18.0 Å². The fourth-order valence-corrected chi connectivity index (χ4v) is 6.56. The number of carbonyl (C=O) groups is 2. The molecule has 0 bridgehead atoms. The van der Waals surface area contributed by atoms with Crippen LogP contribution in [0.15, 0.2) is 114 Å². The average Bonchev–Trinajstić information content (AvgIpc) is 3.06. The minimum absolute atomic E-state index is 0.0530. The molecule has 4 rings (SSSR count). The van der Waals surface area contributed by atoms with Crippen molar-refractivity contribution in [3.8, 4) is 5.75 Å². The van der Waals surface area contributed by atoms with Crippen molar-refractivity contribution in [3.05, 3.63) is 126 Å². The lowest BCUT2D eigenvalue weighted by Gasteiger charge is -2.34. The molecule has 8 nitrogen and oxygen atoms in total. The maximum absolute atomic E-state index is 14.6. The summed E-state index contributed by atoms with van der Waals surface area (Å²) in [6.45, 7) is 7.80. The van der Waals surface area contributed by atoms with Gasteiger partial charge in [-0.3, -0.25) is 13.9 Å². The first-order valence-electron chi connectivity index (χ1n) is 15.6. The number of amides is 2. The van der Waals surface area contributed by atoms with Gasteiger partial charge in [0, 0.05) is 19.0 Å². The Morgan fingerprint density at radius 3 is 2.07 bits per heavy atom. The first-order chi connectivity index (χ1) is 22.1. The van der Waals surface area contributed by atoms with Gasteiger partial charge in [-0.15, -0.1) is 0 Å². The number of hydrogen-bond donors (Lipinski definition) is 1. The molecule has 0 fully saturated rings. The van der Waals surface area contributed by atoms with Gasteiger partial charge in [-0.05, 0) is 74.7 Å². The molecule has 4 aromatic carbocycles. The van der Waals surface area contributed by atoms with E-state index in [4.69, 9.17) is 4.74 Å². The van der Waals surface area contributed by atoms with Crippen molar-refractivity contribution < 1.29 is 22.7 Å². The van der Waals surface area contributed by atoms with Crippen molar-refractivity contribution in [2.24, 2.45) is 0 Å². The molecule has 1 N–H and O–H groups in total. The molecule has 0 aromatic heterocycles. The van der Waals surface area contributed by atoms with Gasteiger partial charge < -0.3 is 15.0 Å². The van der Waals surface area contributed by atoms with Crippen molar-refractivity contribution in [3.63, 3.8) is 0 Å². The van der Waals surface area contributed by atoms with Gasteiger partial charge in [0.2, 0.25) is 11.8 Å². The SMILES string of the molecule is CCOc1ccc(N(CC(=O)N(Cc2cccc(C)c2)[C@@H](Cc2ccccc2)C(=O)N[C@H](C)CC)S(=O)(=O)c2ccccc2)cc1. The number of sulfonamides is 1. The predicted molar refractivity (Wildman–Crippen MR) is 182 cm³/mol. The number of aryl methyl sites for hydroxylation is 1. The van der Waals surface area contributed by atoms with E-state index < -0.39 is 28.5 Å². The van der Waals surface area contributed by atoms with Crippen LogP contribution < -0.4 is 14.4 Å². The van der Waals surface area contributed by atoms with Gasteiger partial charge in [-0.25, -0.2) is 8.42 Å². The van der Waals surface area contributed by atoms with Gasteiger partial charge >= 0.3 is 0 Å². The van der Waals surface area contributed by atoms with Crippen molar-refractivity contribution in [2.75, 3.05) is 17.5 Å². The van der Waals surface area contributed by atoms with E-state index in [9.17, 15) is 18.0 Å². The Labute approximate surface area is 273 Å². The summed E-state index contributed by atoms with van der Waals surface area (Å²) in [7, 11) is -4.17. The normalized spacial score (nSPS) is 12.5. The molecule has 0 aliphatic heterocycles. The monoisotopic (exact) mass is 641 g/mol. The molecule has 0 radical (unpaired) electrons. The average molecular weight is 642 g/mol. The van der Waals surface area contributed by atoms with Crippen LogP contribution in [-0.4, -0.2) is 50.4 Å². The Balaban J connectivity index is 1.80. The van der Waals surface area contributed by atoms with E-state index >= 15 is 0 Å². The fourth-order valence-electron chi connectivity index (χ4n) is 5.13. The summed E-state index contributed by atoms with van der Waals surface area (Å²) in [5.74, 6) is -0.215. The first kappa shape index (κ1) is 34.2. The van der Waals surface area contributed by atoms with Crippen molar-refractivity contribution in [1.29, 1.82) is 0 Å². The second kappa shape index (κ2) is 16.1. The number of carbonyl (C=O) groups excluding carboxylic acids is 2. The molecule has 2 amide bonds. The van der Waals surface area contributed by atoms with Gasteiger partial charge in [0.1, 0.15) is 18.3 Å². The molecule has 0 spiro atoms. The molecule has 0 heterocycles. The lowest BCUT2D eigenvalue weighted by atomic mass is 10.0. The highest BCUT2D eigenvalue weighted by molar-refractivity contribution is 7.92. The topological polar surface area (TPSA) is 96.0 Å². The Hall–Kier alpha value is -4.63. The third kappa shape index (κ3) is 8.97. The molecule has 9 heteroatoms. The summed E-state index contributed by atoms with van der Waals surface area (Å²) in [4.78, 5) is 30.1. The Bertz CT molecular complexity index is 1680. The number of anilines is 1. The van der Waals surface area contributed by atoms with Crippen molar-refractivity contribution >= 4 is 27.5 Å². The number of nitrogens with zero attached hydrogens (tertiary/aromatic N) is 2. The third-order valence-electron chi connectivity index (χ3n) is 7.75. The summed E-state index contributed by atoms with van der Waals surface area (Å²) < 4.78 is 34.9. The molecule has 46 heavy (non-hydrogen) atoms. The minimum atomic E-state index is -4.17. The molecule has 0 aliphatic carbocycles. The van der Waals surface area contributed by atoms with Crippen LogP contribution in [0.2, 0.25) is 0 Å². The zero-order valence-electron chi connectivity index (χ0n) is 26.9. The molecule has 242 valence electrons. The summed E-state index contributed by atoms with van der Waals surface area (Å²) in [6, 6.07) is 30.9. The van der Waals surface area contributed by atoms with Crippen LogP contribution in [0, 0.1) is 6.92 Å². The maximum atomic E-state index is 14.6. The first-order valence-corrected chi connectivity index (χ1v) is 17.1. The van der Waals surface area contributed by atoms with E-state index in [1.165, 1.54) is 17.0 Å². The zero-order valence-corrected chi connectivity index (χ0v) is 27.7. The van der Waals surface area contributed by atoms with Gasteiger partial charge in [0.05, 0.1) is 17.2 Å². The van der Waals surface area contributed by atoms with Gasteiger partial charge in [0.15, 0.2) is 0 Å². The zero-order chi connectivity index (χ0) is 33.1. The van der Waals surface area contributed by atoms with Crippen LogP contribution in [0.1, 0.15) is 43.9 Å². The fraction of sp³-hybridized carbons (Fsp3) is 0.297. The van der Waals surface area contributed by atoms with Crippen LogP contribution in [-0.2, 0) is 32.6 Å². The number of nitrogens with one attached hydrogen (secondary N) is 1. The van der Waals surface area contributed by atoms with Crippen LogP contribution in [0.5, 0.6) is 5.75 Å². The highest BCUT2D eigenvalue weighted by atomic mass is 32.2. The number of rotatable bonds is 15. The maximum Gasteiger partial charge on any atom is 0.264 e. The molecule has 2 atom stereocenters. The van der Waals surface area contributed by atoms with Crippen LogP contribution in [0.3, 0.4) is 0 Å². The Kier molecular flexibility index (Phi) is 12.0. The summed E-state index contributed by atoms with van der Waals surface area (Å²) in [6.07, 6.45) is 0.978. The van der Waals surface area contributed by atoms with Crippen LogP contribution in [0.25, 0.3) is 0 Å². The smallest absolute Gasteiger partial charge is 0.264 e. The summed E-state index contributed by atoms with van der Waals surface area (Å²) in [5, 5.41) is 3.06. The van der Waals surface area contributed by atoms with Gasteiger partial charge in [-0.2, -0.15) is 0 Å². The molecule has 4 aromatic rings. The largest absolute Gasteiger partial charge is 0.494 e. The molecule has 0 aliphatic rings. The lowest BCUT2D eigenvalue weighted by molar-refractivity contribution is -0.140. The number of benzene rings is 4. The highest BCUT2D eigenvalue weighted by Gasteiger charge is 2.35. The van der Waals surface area contributed by atoms with E-state index in [0.717, 1.165) is 27.4 Å². The van der Waals surface area contributed by atoms with E-state index in [1.807, 2.05) is 82.3 Å². The lowest BCUT2D eigenvalue weighted by Crippen LogP contribution is -2.54. The molecular formula is C37H43N3O5S. The van der Waals surface area contributed by atoms with Crippen LogP contribution in [0.4, 0.5) is 5.69 Å². The standard InChI is InChI=1S/C37H43N3O5S/c1-5-29(4)38-37(42)35(25-30-15-9-7-10-16-30)39(26-31-17-13-14-28(3)24-31)36(41)27-40(32-20-22-33(23-21-32)45-6-2)46(43,44)34-18-11-8-12-19-34/h7-24,29,35H,5-6,25-27H2,1-4H3,(H,38,42)/t29-,35+/m1/s1. The summed E-state index contributed by atoms with van der Waals surface area (Å²) in [5.41, 5.74) is 3.03. The van der Waals surface area contributed by atoms with Crippen molar-refractivity contribution in [2.45, 2.75) is 64.1 Å². The van der Waals surface area contributed by atoms with Gasteiger partial charge in [0.25, 0.3) is 10.0 Å². The van der Waals surface area contributed by atoms with Crippen LogP contribution >= 0.6 is 0 Å². The van der Waals surface area contributed by atoms with Gasteiger partial charge in [-0.1, -0.05) is 85.3 Å². The number of hydrogen-bond acceptors (Lipinski definition) is 5. The molecule has 0 unspecified atom stereocenters. The van der Waals surface area contributed by atoms with Crippen molar-refractivity contribution in [1.82, 2.24) is 10.2 Å². The second-order valence-corrected chi connectivity index (χ2v) is 13.1. The Morgan fingerprint density at radius 2 is 1.46 bits per heavy atom. The number of ether oxygens (including phenoxy) is 1.